The van der Waals surface area contributed by atoms with Crippen LogP contribution in [0, 0.1) is 0 Å². The number of nitrogens with one attached hydrogen (secondary N) is 1. The van der Waals surface area contributed by atoms with Crippen molar-refractivity contribution in [1.82, 2.24) is 14.9 Å². The van der Waals surface area contributed by atoms with Crippen LogP contribution in [0.15, 0.2) is 84.2 Å². The fourth-order valence-electron chi connectivity index (χ4n) is 5.90. The van der Waals surface area contributed by atoms with E-state index < -0.39 is 35.2 Å². The van der Waals surface area contributed by atoms with E-state index in [9.17, 15) is 14.4 Å². The van der Waals surface area contributed by atoms with Gasteiger partial charge in [-0.05, 0) is 38.3 Å². The first kappa shape index (κ1) is 32.9. The van der Waals surface area contributed by atoms with E-state index in [2.05, 4.69) is 32.7 Å². The van der Waals surface area contributed by atoms with Crippen LogP contribution in [-0.4, -0.2) is 63.9 Å². The van der Waals surface area contributed by atoms with Gasteiger partial charge in [-0.2, -0.15) is 0 Å². The first-order chi connectivity index (χ1) is 21.1. The molecule has 10 nitrogen and oxygen atoms in total. The van der Waals surface area contributed by atoms with Crippen molar-refractivity contribution in [3.8, 4) is 0 Å². The van der Waals surface area contributed by atoms with Crippen LogP contribution in [-0.2, 0) is 32.2 Å². The second-order valence-electron chi connectivity index (χ2n) is 12.3. The van der Waals surface area contributed by atoms with E-state index in [0.29, 0.717) is 12.3 Å². The predicted molar refractivity (Wildman–Crippen MR) is 167 cm³/mol. The highest BCUT2D eigenvalue weighted by Gasteiger charge is 2.55. The molecule has 2 aromatic carbocycles. The number of β-lactam (4-membered cyclic amide) rings is 1. The minimum Gasteiger partial charge on any atom is -1.00 e. The monoisotopic (exact) mass is 743 g/mol. The summed E-state index contributed by atoms with van der Waals surface area (Å²) in [6, 6.07) is 20.4. The lowest BCUT2D eigenvalue weighted by atomic mass is 10.0. The van der Waals surface area contributed by atoms with Crippen molar-refractivity contribution in [2.45, 2.75) is 63.4 Å². The van der Waals surface area contributed by atoms with E-state index in [0.717, 1.165) is 42.0 Å². The van der Waals surface area contributed by atoms with E-state index in [4.69, 9.17) is 9.47 Å². The molecule has 0 saturated carbocycles. The average Bonchev–Trinajstić information content (AvgIpc) is 3.42. The second kappa shape index (κ2) is 13.5. The molecule has 0 aliphatic carbocycles. The molecular formula is C33H38IN5O5S. The third kappa shape index (κ3) is 6.86. The van der Waals surface area contributed by atoms with Gasteiger partial charge >= 0.3 is 12.1 Å². The van der Waals surface area contributed by atoms with Crippen molar-refractivity contribution in [1.29, 1.82) is 0 Å². The number of thioether (sulfide) groups is 1. The zero-order chi connectivity index (χ0) is 31.0. The maximum Gasteiger partial charge on any atom is 0.408 e. The molecule has 3 aromatic rings. The molecule has 0 unspecified atom stereocenters. The van der Waals surface area contributed by atoms with E-state index in [1.807, 2.05) is 66.9 Å². The molecule has 12 heteroatoms. The number of nitrogens with zero attached hydrogens (tertiary/aromatic N) is 4. The maximum atomic E-state index is 14.3. The number of alkyl carbamates (subject to hydrolysis) is 1. The van der Waals surface area contributed by atoms with Gasteiger partial charge in [0.2, 0.25) is 0 Å². The third-order valence-corrected chi connectivity index (χ3v) is 9.26. The van der Waals surface area contributed by atoms with Gasteiger partial charge in [0, 0.05) is 24.9 Å². The Morgan fingerprint density at radius 3 is 2.29 bits per heavy atom. The molecule has 3 aliphatic heterocycles. The molecule has 0 bridgehead atoms. The molecule has 0 spiro atoms. The average molecular weight is 744 g/mol. The summed E-state index contributed by atoms with van der Waals surface area (Å²) in [5.41, 5.74) is 1.98. The quantitative estimate of drug-likeness (QED) is 0.167. The molecular weight excluding hydrogens is 705 g/mol. The Labute approximate surface area is 284 Å². The maximum absolute atomic E-state index is 14.3. The lowest BCUT2D eigenvalue weighted by Gasteiger charge is -2.49. The minimum atomic E-state index is -0.805. The fourth-order valence-corrected chi connectivity index (χ4v) is 7.23. The number of hydrogen-bond donors (Lipinski definition) is 1. The summed E-state index contributed by atoms with van der Waals surface area (Å²) in [5, 5.41) is 2.26. The summed E-state index contributed by atoms with van der Waals surface area (Å²) in [6.07, 6.45) is 1.70. The zero-order valence-corrected chi connectivity index (χ0v) is 28.8. The normalized spacial score (nSPS) is 19.3. The summed E-state index contributed by atoms with van der Waals surface area (Å²) >= 11 is 1.52. The number of amides is 2. The lowest BCUT2D eigenvalue weighted by molar-refractivity contribution is -0.768. The minimum absolute atomic E-state index is 0. The number of ether oxygens (including phenoxy) is 2. The highest BCUT2D eigenvalue weighted by Crippen LogP contribution is 2.42. The van der Waals surface area contributed by atoms with Crippen LogP contribution >= 0.6 is 11.8 Å². The number of rotatable bonds is 7. The number of benzene rings is 2. The van der Waals surface area contributed by atoms with Gasteiger partial charge in [0.05, 0.1) is 12.6 Å². The summed E-state index contributed by atoms with van der Waals surface area (Å²) in [6.45, 7) is 7.58. The van der Waals surface area contributed by atoms with Crippen LogP contribution in [0.4, 0.5) is 10.6 Å². The molecule has 1 fully saturated rings. The summed E-state index contributed by atoms with van der Waals surface area (Å²) < 4.78 is 16.0. The van der Waals surface area contributed by atoms with Gasteiger partial charge in [-0.15, -0.1) is 21.1 Å². The van der Waals surface area contributed by atoms with E-state index in [1.54, 1.807) is 20.8 Å². The molecule has 2 amide bonds. The zero-order valence-electron chi connectivity index (χ0n) is 25.8. The number of anilines is 1. The number of carbonyl (C=O) groups excluding carboxylic acids is 3. The molecule has 2 atom stereocenters. The first-order valence-corrected chi connectivity index (χ1v) is 15.9. The van der Waals surface area contributed by atoms with Crippen molar-refractivity contribution in [2.24, 2.45) is 0 Å². The standard InChI is InChI=1S/C33H37N5O5S.HI/c1-33(2,3)43-32(41)34-26-29(39)38-27(31(40)42-28(22-12-7-5-8-13-22)23-14-9-6-10-15-23)24(21-44-30(26)38)20-36-19-16-25-35(4)17-11-18-37(25)36;/h5-10,12-16,19,26,28,30H,11,17-18,20-21H2,1-4H3;1H/t26-,30-;/m1./s1. The van der Waals surface area contributed by atoms with E-state index in [-0.39, 0.29) is 35.6 Å². The molecule has 1 saturated heterocycles. The lowest BCUT2D eigenvalue weighted by Crippen LogP contribution is -3.00. The molecule has 45 heavy (non-hydrogen) atoms. The summed E-state index contributed by atoms with van der Waals surface area (Å²) in [7, 11) is 2.07. The van der Waals surface area contributed by atoms with Gasteiger partial charge in [-0.3, -0.25) is 9.69 Å². The Bertz CT molecular complexity index is 1550. The van der Waals surface area contributed by atoms with Crippen LogP contribution < -0.4 is 38.9 Å². The second-order valence-corrected chi connectivity index (χ2v) is 13.4. The molecule has 238 valence electrons. The number of hydrogen-bond acceptors (Lipinski definition) is 7. The van der Waals surface area contributed by atoms with Gasteiger partial charge in [0.1, 0.15) is 22.7 Å². The highest BCUT2D eigenvalue weighted by atomic mass is 127. The molecule has 0 radical (unpaired) electrons. The molecule has 4 heterocycles. The van der Waals surface area contributed by atoms with Crippen molar-refractivity contribution < 1.29 is 52.5 Å². The fraction of sp³-hybridized carbons (Fsp3) is 0.394. The molecule has 1 N–H and O–H groups in total. The van der Waals surface area contributed by atoms with Gasteiger partial charge < -0.3 is 43.7 Å². The molecule has 3 aliphatic rings. The largest absolute Gasteiger partial charge is 1.00 e. The van der Waals surface area contributed by atoms with Crippen molar-refractivity contribution >= 4 is 35.5 Å². The SMILES string of the molecule is CN1CCCn2c1cc[n+]2CC1=C(C(=O)OC(c2ccccc2)c2ccccc2)N2C(=O)[C@@H](NC(=O)OC(C)(C)C)[C@H]2SC1.[I-]. The number of carbonyl (C=O) groups is 3. The Balaban J connectivity index is 0.00000400. The van der Waals surface area contributed by atoms with Gasteiger partial charge in [-0.25, -0.2) is 9.59 Å². The number of fused-ring (bicyclic) bond motifs is 2. The van der Waals surface area contributed by atoms with E-state index >= 15 is 0 Å². The number of esters is 1. The van der Waals surface area contributed by atoms with Crippen LogP contribution in [0.25, 0.3) is 0 Å². The topological polar surface area (TPSA) is 97.0 Å². The number of halogens is 1. The first-order valence-electron chi connectivity index (χ1n) is 14.9. The van der Waals surface area contributed by atoms with Crippen LogP contribution in [0.3, 0.4) is 0 Å². The van der Waals surface area contributed by atoms with Crippen molar-refractivity contribution in [2.75, 3.05) is 24.2 Å². The highest BCUT2D eigenvalue weighted by molar-refractivity contribution is 8.00. The Kier molecular flexibility index (Phi) is 9.83. The van der Waals surface area contributed by atoms with Gasteiger partial charge in [0.25, 0.3) is 5.91 Å². The summed E-state index contributed by atoms with van der Waals surface area (Å²) in [5.74, 6) is 0.665. The predicted octanol–water partition coefficient (Wildman–Crippen LogP) is 1.01. The molecule has 1 aromatic heterocycles. The third-order valence-electron chi connectivity index (χ3n) is 7.92. The van der Waals surface area contributed by atoms with Crippen LogP contribution in [0.1, 0.15) is 44.4 Å². The van der Waals surface area contributed by atoms with Crippen molar-refractivity contribution in [3.05, 3.63) is 95.3 Å². The molecule has 6 rings (SSSR count). The number of aromatic nitrogens is 2. The van der Waals surface area contributed by atoms with E-state index in [1.165, 1.54) is 16.7 Å². The van der Waals surface area contributed by atoms with Crippen LogP contribution in [0.2, 0.25) is 0 Å². The smallest absolute Gasteiger partial charge is 0.408 e. The van der Waals surface area contributed by atoms with Gasteiger partial charge in [-0.1, -0.05) is 60.7 Å². The van der Waals surface area contributed by atoms with Crippen LogP contribution in [0.5, 0.6) is 0 Å². The Morgan fingerprint density at radius 1 is 1.02 bits per heavy atom. The van der Waals surface area contributed by atoms with Gasteiger partial charge in [0.15, 0.2) is 24.7 Å². The Hall–Kier alpha value is -3.52. The van der Waals surface area contributed by atoms with Crippen molar-refractivity contribution in [3.63, 3.8) is 0 Å². The Morgan fingerprint density at radius 2 is 1.67 bits per heavy atom. The summed E-state index contributed by atoms with van der Waals surface area (Å²) in [4.78, 5) is 44.2.